The molecule has 7 nitrogen and oxygen atoms in total. The lowest BCUT2D eigenvalue weighted by Gasteiger charge is -2.14. The number of anilines is 1. The van der Waals surface area contributed by atoms with E-state index >= 15 is 0 Å². The van der Waals surface area contributed by atoms with Gasteiger partial charge in [-0.3, -0.25) is 9.48 Å². The predicted octanol–water partition coefficient (Wildman–Crippen LogP) is 1.85. The molecule has 7 heteroatoms. The van der Waals surface area contributed by atoms with Crippen LogP contribution in [0.3, 0.4) is 0 Å². The number of aromatic nitrogens is 2. The van der Waals surface area contributed by atoms with Crippen LogP contribution in [-0.2, 0) is 11.3 Å². The van der Waals surface area contributed by atoms with Gasteiger partial charge < -0.3 is 15.5 Å². The van der Waals surface area contributed by atoms with E-state index in [9.17, 15) is 9.59 Å². The summed E-state index contributed by atoms with van der Waals surface area (Å²) in [6.45, 7) is 2.17. The quantitative estimate of drug-likeness (QED) is 0.884. The van der Waals surface area contributed by atoms with Crippen LogP contribution in [0.15, 0.2) is 42.7 Å². The summed E-state index contributed by atoms with van der Waals surface area (Å²) in [5.74, 6) is -0.114. The maximum Gasteiger partial charge on any atom is 0.321 e. The lowest BCUT2D eigenvalue weighted by atomic mass is 10.2. The Bertz CT molecular complexity index is 667. The average molecular weight is 315 g/mol. The summed E-state index contributed by atoms with van der Waals surface area (Å²) in [5, 5.41) is 9.70. The molecule has 122 valence electrons. The molecule has 1 aromatic heterocycles. The summed E-state index contributed by atoms with van der Waals surface area (Å²) in [7, 11) is 3.35. The molecule has 1 aromatic carbocycles. The maximum absolute atomic E-state index is 12.1. The van der Waals surface area contributed by atoms with Crippen LogP contribution in [0, 0.1) is 0 Å². The zero-order chi connectivity index (χ0) is 16.8. The smallest absolute Gasteiger partial charge is 0.321 e. The van der Waals surface area contributed by atoms with Gasteiger partial charge in [0.1, 0.15) is 6.04 Å². The minimum absolute atomic E-state index is 0.114. The topological polar surface area (TPSA) is 79.3 Å². The number of hydrogen-bond acceptors (Lipinski definition) is 3. The van der Waals surface area contributed by atoms with Gasteiger partial charge in [0.05, 0.1) is 0 Å². The Morgan fingerprint density at radius 2 is 2.09 bits per heavy atom. The van der Waals surface area contributed by atoms with Gasteiger partial charge in [0, 0.05) is 38.7 Å². The molecular weight excluding hydrogens is 294 g/mol. The second-order valence-corrected chi connectivity index (χ2v) is 5.40. The Balaban J connectivity index is 1.93. The first kappa shape index (κ1) is 16.5. The van der Waals surface area contributed by atoms with Crippen molar-refractivity contribution in [1.29, 1.82) is 0 Å². The van der Waals surface area contributed by atoms with Crippen LogP contribution in [0.4, 0.5) is 10.5 Å². The molecule has 0 radical (unpaired) electrons. The monoisotopic (exact) mass is 315 g/mol. The standard InChI is InChI=1S/C16H21N5O2/c1-12(21-9-5-8-18-21)15(22)17-11-13-6-4-7-14(10-13)19-16(23)20(2)3/h4-10,12H,11H2,1-3H3,(H,17,22)(H,19,23)/t12-/m0/s1. The molecule has 2 N–H and O–H groups in total. The van der Waals surface area contributed by atoms with Crippen LogP contribution in [-0.4, -0.2) is 40.7 Å². The van der Waals surface area contributed by atoms with Crippen molar-refractivity contribution in [3.05, 3.63) is 48.3 Å². The van der Waals surface area contributed by atoms with Crippen molar-refractivity contribution in [3.63, 3.8) is 0 Å². The van der Waals surface area contributed by atoms with E-state index in [-0.39, 0.29) is 18.0 Å². The summed E-state index contributed by atoms with van der Waals surface area (Å²) >= 11 is 0. The van der Waals surface area contributed by atoms with Crippen LogP contribution in [0.25, 0.3) is 0 Å². The molecule has 0 aliphatic carbocycles. The molecule has 0 spiro atoms. The summed E-state index contributed by atoms with van der Waals surface area (Å²) in [6, 6.07) is 8.58. The zero-order valence-electron chi connectivity index (χ0n) is 13.5. The van der Waals surface area contributed by atoms with E-state index in [1.54, 1.807) is 50.2 Å². The van der Waals surface area contributed by atoms with Crippen LogP contribution in [0.1, 0.15) is 18.5 Å². The minimum atomic E-state index is -0.373. The third-order valence-corrected chi connectivity index (χ3v) is 3.35. The third-order valence-electron chi connectivity index (χ3n) is 3.35. The Kier molecular flexibility index (Phi) is 5.35. The van der Waals surface area contributed by atoms with Crippen molar-refractivity contribution in [2.75, 3.05) is 19.4 Å². The van der Waals surface area contributed by atoms with Gasteiger partial charge in [0.15, 0.2) is 0 Å². The fraction of sp³-hybridized carbons (Fsp3) is 0.312. The first-order chi connectivity index (χ1) is 11.0. The molecular formula is C16H21N5O2. The molecule has 2 aromatic rings. The number of nitrogens with one attached hydrogen (secondary N) is 2. The number of carbonyl (C=O) groups is 2. The van der Waals surface area contributed by atoms with E-state index < -0.39 is 0 Å². The van der Waals surface area contributed by atoms with E-state index in [1.165, 1.54) is 4.90 Å². The lowest BCUT2D eigenvalue weighted by molar-refractivity contribution is -0.124. The number of amides is 3. The van der Waals surface area contributed by atoms with E-state index in [0.29, 0.717) is 12.2 Å². The normalized spacial score (nSPS) is 11.6. The highest BCUT2D eigenvalue weighted by atomic mass is 16.2. The fourth-order valence-electron chi connectivity index (χ4n) is 1.96. The van der Waals surface area contributed by atoms with Gasteiger partial charge in [-0.25, -0.2) is 4.79 Å². The van der Waals surface area contributed by atoms with E-state index in [4.69, 9.17) is 0 Å². The van der Waals surface area contributed by atoms with Crippen LogP contribution in [0.2, 0.25) is 0 Å². The molecule has 3 amide bonds. The molecule has 0 saturated carbocycles. The van der Waals surface area contributed by atoms with Crippen molar-refractivity contribution in [1.82, 2.24) is 20.0 Å². The van der Waals surface area contributed by atoms with Crippen molar-refractivity contribution in [2.24, 2.45) is 0 Å². The van der Waals surface area contributed by atoms with Crippen molar-refractivity contribution >= 4 is 17.6 Å². The molecule has 0 fully saturated rings. The number of carbonyl (C=O) groups excluding carboxylic acids is 2. The highest BCUT2D eigenvalue weighted by Crippen LogP contribution is 2.11. The molecule has 23 heavy (non-hydrogen) atoms. The van der Waals surface area contributed by atoms with Crippen molar-refractivity contribution in [3.8, 4) is 0 Å². The highest BCUT2D eigenvalue weighted by molar-refractivity contribution is 5.89. The first-order valence-corrected chi connectivity index (χ1v) is 7.31. The van der Waals surface area contributed by atoms with Crippen LogP contribution < -0.4 is 10.6 Å². The largest absolute Gasteiger partial charge is 0.350 e. The van der Waals surface area contributed by atoms with Gasteiger partial charge in [-0.05, 0) is 30.7 Å². The molecule has 0 unspecified atom stereocenters. The summed E-state index contributed by atoms with van der Waals surface area (Å²) < 4.78 is 1.60. The molecule has 2 rings (SSSR count). The van der Waals surface area contributed by atoms with Gasteiger partial charge >= 0.3 is 6.03 Å². The van der Waals surface area contributed by atoms with Gasteiger partial charge in [-0.2, -0.15) is 5.10 Å². The Hall–Kier alpha value is -2.83. The molecule has 0 bridgehead atoms. The number of urea groups is 1. The molecule has 1 heterocycles. The number of benzene rings is 1. The van der Waals surface area contributed by atoms with E-state index in [2.05, 4.69) is 15.7 Å². The number of nitrogens with zero attached hydrogens (tertiary/aromatic N) is 3. The number of hydrogen-bond donors (Lipinski definition) is 2. The fourth-order valence-corrected chi connectivity index (χ4v) is 1.96. The maximum atomic E-state index is 12.1. The summed E-state index contributed by atoms with van der Waals surface area (Å²) in [6.07, 6.45) is 3.39. The zero-order valence-corrected chi connectivity index (χ0v) is 13.5. The highest BCUT2D eigenvalue weighted by Gasteiger charge is 2.14. The van der Waals surface area contributed by atoms with Gasteiger partial charge in [0.25, 0.3) is 0 Å². The van der Waals surface area contributed by atoms with Gasteiger partial charge in [-0.1, -0.05) is 12.1 Å². The molecule has 1 atom stereocenters. The van der Waals surface area contributed by atoms with Crippen LogP contribution in [0.5, 0.6) is 0 Å². The Morgan fingerprint density at radius 3 is 2.74 bits per heavy atom. The molecule has 0 aliphatic heterocycles. The Morgan fingerprint density at radius 1 is 1.30 bits per heavy atom. The molecule has 0 saturated heterocycles. The van der Waals surface area contributed by atoms with Crippen molar-refractivity contribution < 1.29 is 9.59 Å². The minimum Gasteiger partial charge on any atom is -0.350 e. The summed E-state index contributed by atoms with van der Waals surface area (Å²) in [5.41, 5.74) is 1.60. The van der Waals surface area contributed by atoms with Crippen LogP contribution >= 0.6 is 0 Å². The average Bonchev–Trinajstić information content (AvgIpc) is 3.06. The second kappa shape index (κ2) is 7.44. The SMILES string of the molecule is C[C@@H](C(=O)NCc1cccc(NC(=O)N(C)C)c1)n1cccn1. The summed E-state index contributed by atoms with van der Waals surface area (Å²) in [4.78, 5) is 25.2. The predicted molar refractivity (Wildman–Crippen MR) is 87.9 cm³/mol. The number of rotatable bonds is 5. The van der Waals surface area contributed by atoms with Crippen molar-refractivity contribution in [2.45, 2.75) is 19.5 Å². The lowest BCUT2D eigenvalue weighted by Crippen LogP contribution is -2.31. The van der Waals surface area contributed by atoms with Gasteiger partial charge in [-0.15, -0.1) is 0 Å². The van der Waals surface area contributed by atoms with E-state index in [0.717, 1.165) is 5.56 Å². The van der Waals surface area contributed by atoms with E-state index in [1.807, 2.05) is 18.2 Å². The Labute approximate surface area is 135 Å². The first-order valence-electron chi connectivity index (χ1n) is 7.31. The third kappa shape index (κ3) is 4.57. The molecule has 0 aliphatic rings. The second-order valence-electron chi connectivity index (χ2n) is 5.40. The van der Waals surface area contributed by atoms with Gasteiger partial charge in [0.2, 0.25) is 5.91 Å².